The molecule has 1 aromatic heterocycles. The molecule has 27 heavy (non-hydrogen) atoms. The van der Waals surface area contributed by atoms with Gasteiger partial charge in [-0.3, -0.25) is 4.57 Å². The highest BCUT2D eigenvalue weighted by Gasteiger charge is 2.15. The Morgan fingerprint density at radius 1 is 1.19 bits per heavy atom. The Morgan fingerprint density at radius 2 is 1.93 bits per heavy atom. The number of ether oxygens (including phenoxy) is 1. The Kier molecular flexibility index (Phi) is 6.27. The Bertz CT molecular complexity index is 921. The molecule has 138 valence electrons. The van der Waals surface area contributed by atoms with E-state index in [0.717, 1.165) is 27.9 Å². The van der Waals surface area contributed by atoms with Crippen LogP contribution in [-0.4, -0.2) is 38.5 Å². The van der Waals surface area contributed by atoms with E-state index in [0.29, 0.717) is 18.0 Å². The smallest absolute Gasteiger partial charge is 0.192 e. The summed E-state index contributed by atoms with van der Waals surface area (Å²) in [5.74, 6) is 2.01. The monoisotopic (exact) mass is 380 g/mol. The van der Waals surface area contributed by atoms with E-state index >= 15 is 0 Å². The van der Waals surface area contributed by atoms with Crippen molar-refractivity contribution in [2.24, 2.45) is 5.16 Å². The van der Waals surface area contributed by atoms with Crippen molar-refractivity contribution in [3.8, 4) is 17.1 Å². The van der Waals surface area contributed by atoms with Gasteiger partial charge in [-0.1, -0.05) is 53.3 Å². The second-order valence-corrected chi connectivity index (χ2v) is 6.58. The number of aromatic nitrogens is 3. The molecule has 0 amide bonds. The molecule has 0 saturated heterocycles. The topological polar surface area (TPSA) is 72.5 Å². The number of benzene rings is 2. The predicted molar refractivity (Wildman–Crippen MR) is 108 cm³/mol. The first-order valence-electron chi connectivity index (χ1n) is 8.34. The van der Waals surface area contributed by atoms with Crippen LogP contribution in [0.4, 0.5) is 0 Å². The van der Waals surface area contributed by atoms with Gasteiger partial charge in [-0.2, -0.15) is 0 Å². The van der Waals surface area contributed by atoms with Crippen molar-refractivity contribution in [3.63, 3.8) is 0 Å². The van der Waals surface area contributed by atoms with E-state index < -0.39 is 0 Å². The summed E-state index contributed by atoms with van der Waals surface area (Å²) >= 11 is 1.46. The first-order chi connectivity index (χ1) is 13.3. The lowest BCUT2D eigenvalue weighted by Crippen LogP contribution is -2.06. The number of oxime groups is 1. The molecule has 1 N–H and O–H groups in total. The second kappa shape index (κ2) is 9.05. The van der Waals surface area contributed by atoms with Crippen LogP contribution in [0.3, 0.4) is 0 Å². The van der Waals surface area contributed by atoms with Gasteiger partial charge in [0.15, 0.2) is 11.0 Å². The largest absolute Gasteiger partial charge is 0.497 e. The summed E-state index contributed by atoms with van der Waals surface area (Å²) in [7, 11) is 1.64. The summed E-state index contributed by atoms with van der Waals surface area (Å²) in [6.07, 6.45) is 1.80. The molecule has 7 heteroatoms. The summed E-state index contributed by atoms with van der Waals surface area (Å²) in [6, 6.07) is 17.2. The molecule has 0 atom stereocenters. The van der Waals surface area contributed by atoms with E-state index in [1.807, 2.05) is 59.2 Å². The number of hydrogen-bond donors (Lipinski definition) is 1. The normalized spacial score (nSPS) is 11.4. The molecule has 0 radical (unpaired) electrons. The third-order valence-corrected chi connectivity index (χ3v) is 4.92. The van der Waals surface area contributed by atoms with Crippen molar-refractivity contribution in [1.29, 1.82) is 0 Å². The summed E-state index contributed by atoms with van der Waals surface area (Å²) in [6.45, 7) is 4.41. The second-order valence-electron chi connectivity index (χ2n) is 5.64. The Balaban J connectivity index is 1.83. The average Bonchev–Trinajstić information content (AvgIpc) is 3.12. The number of rotatable bonds is 8. The van der Waals surface area contributed by atoms with Crippen LogP contribution in [0.2, 0.25) is 0 Å². The van der Waals surface area contributed by atoms with Gasteiger partial charge in [-0.05, 0) is 24.3 Å². The molecule has 0 saturated carbocycles. The van der Waals surface area contributed by atoms with Crippen LogP contribution in [0.15, 0.2) is 77.6 Å². The first kappa shape index (κ1) is 18.7. The van der Waals surface area contributed by atoms with Gasteiger partial charge >= 0.3 is 0 Å². The van der Waals surface area contributed by atoms with Crippen LogP contribution in [0.5, 0.6) is 5.75 Å². The highest BCUT2D eigenvalue weighted by atomic mass is 32.2. The van der Waals surface area contributed by atoms with Crippen LogP contribution in [-0.2, 0) is 6.54 Å². The SMILES string of the molecule is C=CCn1c(SC/C(=N/O)c2ccccc2)nnc1-c1ccc(OC)cc1. The summed E-state index contributed by atoms with van der Waals surface area (Å²) < 4.78 is 7.19. The third-order valence-electron chi connectivity index (χ3n) is 3.94. The molecule has 2 aromatic carbocycles. The molecule has 0 aliphatic heterocycles. The van der Waals surface area contributed by atoms with Gasteiger partial charge in [0.05, 0.1) is 12.8 Å². The molecule has 3 aromatic rings. The maximum Gasteiger partial charge on any atom is 0.192 e. The molecular formula is C20H20N4O2S. The number of nitrogens with zero attached hydrogens (tertiary/aromatic N) is 4. The molecule has 3 rings (SSSR count). The third kappa shape index (κ3) is 4.38. The zero-order chi connectivity index (χ0) is 19.1. The van der Waals surface area contributed by atoms with Crippen molar-refractivity contribution >= 4 is 17.5 Å². The van der Waals surface area contributed by atoms with Crippen molar-refractivity contribution in [2.45, 2.75) is 11.7 Å². The highest BCUT2D eigenvalue weighted by molar-refractivity contribution is 7.99. The van der Waals surface area contributed by atoms with Crippen LogP contribution in [0.1, 0.15) is 5.56 Å². The van der Waals surface area contributed by atoms with E-state index in [1.54, 1.807) is 13.2 Å². The van der Waals surface area contributed by atoms with Gasteiger partial charge in [0.25, 0.3) is 0 Å². The zero-order valence-electron chi connectivity index (χ0n) is 14.9. The Morgan fingerprint density at radius 3 is 2.56 bits per heavy atom. The molecule has 1 heterocycles. The van der Waals surface area contributed by atoms with Crippen molar-refractivity contribution in [3.05, 3.63) is 72.8 Å². The van der Waals surface area contributed by atoms with E-state index in [-0.39, 0.29) is 0 Å². The average molecular weight is 380 g/mol. The molecule has 0 unspecified atom stereocenters. The van der Waals surface area contributed by atoms with Gasteiger partial charge in [-0.15, -0.1) is 16.8 Å². The lowest BCUT2D eigenvalue weighted by atomic mass is 10.1. The van der Waals surface area contributed by atoms with Crippen LogP contribution in [0.25, 0.3) is 11.4 Å². The maximum atomic E-state index is 9.37. The van der Waals surface area contributed by atoms with Crippen molar-refractivity contribution in [1.82, 2.24) is 14.8 Å². The maximum absolute atomic E-state index is 9.37. The molecule has 6 nitrogen and oxygen atoms in total. The van der Waals surface area contributed by atoms with Crippen LogP contribution in [0, 0.1) is 0 Å². The number of hydrogen-bond acceptors (Lipinski definition) is 6. The molecule has 0 aliphatic carbocycles. The minimum absolute atomic E-state index is 0.471. The number of thioether (sulfide) groups is 1. The predicted octanol–water partition coefficient (Wildman–Crippen LogP) is 4.11. The van der Waals surface area contributed by atoms with E-state index in [4.69, 9.17) is 4.74 Å². The number of methoxy groups -OCH3 is 1. The summed E-state index contributed by atoms with van der Waals surface area (Å²) in [5, 5.41) is 22.2. The molecule has 0 bridgehead atoms. The molecule has 0 aliphatic rings. The van der Waals surface area contributed by atoms with Crippen molar-refractivity contribution < 1.29 is 9.94 Å². The standard InChI is InChI=1S/C20H20N4O2S/c1-3-13-24-19(16-9-11-17(26-2)12-10-16)21-22-20(24)27-14-18(23-25)15-7-5-4-6-8-15/h3-12,25H,1,13-14H2,2H3/b23-18-. The molecule has 0 spiro atoms. The minimum atomic E-state index is 0.471. The Hall–Kier alpha value is -3.06. The van der Waals surface area contributed by atoms with Gasteiger partial charge < -0.3 is 9.94 Å². The fourth-order valence-corrected chi connectivity index (χ4v) is 3.48. The highest BCUT2D eigenvalue weighted by Crippen LogP contribution is 2.26. The van der Waals surface area contributed by atoms with Gasteiger partial charge in [0.1, 0.15) is 5.75 Å². The number of allylic oxidation sites excluding steroid dienone is 1. The summed E-state index contributed by atoms with van der Waals surface area (Å²) in [5.41, 5.74) is 2.40. The van der Waals surface area contributed by atoms with Crippen molar-refractivity contribution in [2.75, 3.05) is 12.9 Å². The van der Waals surface area contributed by atoms with Gasteiger partial charge in [0.2, 0.25) is 0 Å². The fourth-order valence-electron chi connectivity index (χ4n) is 2.58. The minimum Gasteiger partial charge on any atom is -0.497 e. The fraction of sp³-hybridized carbons (Fsp3) is 0.150. The van der Waals surface area contributed by atoms with Crippen LogP contribution < -0.4 is 4.74 Å². The van der Waals surface area contributed by atoms with Crippen LogP contribution >= 0.6 is 11.8 Å². The quantitative estimate of drug-likeness (QED) is 0.209. The first-order valence-corrected chi connectivity index (χ1v) is 9.33. The van der Waals surface area contributed by atoms with E-state index in [9.17, 15) is 5.21 Å². The molecule has 0 fully saturated rings. The Labute approximate surface area is 162 Å². The summed E-state index contributed by atoms with van der Waals surface area (Å²) in [4.78, 5) is 0. The van der Waals surface area contributed by atoms with E-state index in [1.165, 1.54) is 11.8 Å². The molecular weight excluding hydrogens is 360 g/mol. The lowest BCUT2D eigenvalue weighted by Gasteiger charge is -2.09. The van der Waals surface area contributed by atoms with Gasteiger partial charge in [0, 0.05) is 23.4 Å². The van der Waals surface area contributed by atoms with E-state index in [2.05, 4.69) is 21.9 Å². The lowest BCUT2D eigenvalue weighted by molar-refractivity contribution is 0.319. The van der Waals surface area contributed by atoms with Gasteiger partial charge in [-0.25, -0.2) is 0 Å². The zero-order valence-corrected chi connectivity index (χ0v) is 15.8.